The summed E-state index contributed by atoms with van der Waals surface area (Å²) >= 11 is 0. The molecule has 0 saturated heterocycles. The van der Waals surface area contributed by atoms with E-state index >= 15 is 0 Å². The SMILES string of the molecule is Cc1nc(N)c2nc(-c3cncc(F)c3)n(Cc3cnn(C)c3)c2n1. The highest BCUT2D eigenvalue weighted by molar-refractivity contribution is 5.85. The first-order valence-corrected chi connectivity index (χ1v) is 7.60. The maximum absolute atomic E-state index is 13.6. The van der Waals surface area contributed by atoms with E-state index in [-0.39, 0.29) is 5.82 Å². The van der Waals surface area contributed by atoms with Crippen LogP contribution in [0, 0.1) is 12.7 Å². The number of anilines is 1. The molecule has 4 heterocycles. The maximum Gasteiger partial charge on any atom is 0.166 e. The second kappa shape index (κ2) is 5.62. The molecule has 0 unspecified atom stereocenters. The number of halogens is 1. The van der Waals surface area contributed by atoms with E-state index in [0.29, 0.717) is 34.9 Å². The summed E-state index contributed by atoms with van der Waals surface area (Å²) < 4.78 is 17.2. The van der Waals surface area contributed by atoms with Gasteiger partial charge in [0.05, 0.1) is 18.9 Å². The lowest BCUT2D eigenvalue weighted by Gasteiger charge is -2.07. The largest absolute Gasteiger partial charge is 0.382 e. The molecule has 4 aromatic rings. The van der Waals surface area contributed by atoms with Crippen LogP contribution in [-0.2, 0) is 13.6 Å². The molecule has 126 valence electrons. The van der Waals surface area contributed by atoms with Crippen LogP contribution in [0.4, 0.5) is 10.2 Å². The van der Waals surface area contributed by atoms with Crippen LogP contribution in [0.15, 0.2) is 30.9 Å². The second-order valence-electron chi connectivity index (χ2n) is 5.76. The molecule has 0 amide bonds. The van der Waals surface area contributed by atoms with Gasteiger partial charge in [0.2, 0.25) is 0 Å². The fourth-order valence-electron chi connectivity index (χ4n) is 2.78. The van der Waals surface area contributed by atoms with Crippen molar-refractivity contribution in [3.05, 3.63) is 48.1 Å². The maximum atomic E-state index is 13.6. The number of nitrogens with two attached hydrogens (primary N) is 1. The zero-order valence-corrected chi connectivity index (χ0v) is 13.7. The molecular formula is C16H15FN8. The van der Waals surface area contributed by atoms with Gasteiger partial charge in [0.15, 0.2) is 17.0 Å². The lowest BCUT2D eigenvalue weighted by atomic mass is 10.2. The molecule has 0 aromatic carbocycles. The summed E-state index contributed by atoms with van der Waals surface area (Å²) in [5, 5.41) is 4.18. The Bertz CT molecular complexity index is 1080. The van der Waals surface area contributed by atoms with Gasteiger partial charge in [-0.1, -0.05) is 0 Å². The minimum absolute atomic E-state index is 0.290. The molecule has 9 heteroatoms. The fraction of sp³-hybridized carbons (Fsp3) is 0.188. The summed E-state index contributed by atoms with van der Waals surface area (Å²) in [5.74, 6) is 0.921. The van der Waals surface area contributed by atoms with Gasteiger partial charge in [-0.3, -0.25) is 9.67 Å². The van der Waals surface area contributed by atoms with E-state index in [0.717, 1.165) is 11.8 Å². The van der Waals surface area contributed by atoms with E-state index in [2.05, 4.69) is 25.0 Å². The molecule has 2 N–H and O–H groups in total. The number of rotatable bonds is 3. The number of nitrogens with zero attached hydrogens (tertiary/aromatic N) is 7. The number of nitrogen functional groups attached to an aromatic ring is 1. The van der Waals surface area contributed by atoms with Gasteiger partial charge in [0, 0.05) is 30.6 Å². The third-order valence-corrected chi connectivity index (χ3v) is 3.80. The minimum atomic E-state index is -0.437. The van der Waals surface area contributed by atoms with Crippen molar-refractivity contribution in [2.75, 3.05) is 5.73 Å². The molecule has 4 aromatic heterocycles. The van der Waals surface area contributed by atoms with E-state index in [1.54, 1.807) is 24.0 Å². The molecule has 25 heavy (non-hydrogen) atoms. The third kappa shape index (κ3) is 2.69. The average molecular weight is 338 g/mol. The molecule has 0 aliphatic heterocycles. The number of hydrogen-bond donors (Lipinski definition) is 1. The van der Waals surface area contributed by atoms with Crippen LogP contribution in [0.2, 0.25) is 0 Å². The highest BCUT2D eigenvalue weighted by atomic mass is 19.1. The number of fused-ring (bicyclic) bond motifs is 1. The summed E-state index contributed by atoms with van der Waals surface area (Å²) in [6.45, 7) is 2.23. The second-order valence-corrected chi connectivity index (χ2v) is 5.76. The Balaban J connectivity index is 1.97. The highest BCUT2D eigenvalue weighted by Crippen LogP contribution is 2.27. The van der Waals surface area contributed by atoms with Crippen molar-refractivity contribution in [2.45, 2.75) is 13.5 Å². The van der Waals surface area contributed by atoms with Crippen LogP contribution >= 0.6 is 0 Å². The van der Waals surface area contributed by atoms with Gasteiger partial charge < -0.3 is 10.3 Å². The van der Waals surface area contributed by atoms with Gasteiger partial charge in [-0.05, 0) is 13.0 Å². The van der Waals surface area contributed by atoms with Crippen LogP contribution < -0.4 is 5.73 Å². The van der Waals surface area contributed by atoms with Crippen LogP contribution in [-0.4, -0.2) is 34.3 Å². The molecule has 0 atom stereocenters. The van der Waals surface area contributed by atoms with Crippen molar-refractivity contribution in [3.8, 4) is 11.4 Å². The number of aryl methyl sites for hydroxylation is 2. The van der Waals surface area contributed by atoms with E-state index in [1.807, 2.05) is 17.8 Å². The molecule has 4 rings (SSSR count). The summed E-state index contributed by atoms with van der Waals surface area (Å²) in [6, 6.07) is 1.38. The Labute approximate surface area is 142 Å². The number of pyridine rings is 1. The molecule has 0 aliphatic carbocycles. The van der Waals surface area contributed by atoms with Crippen molar-refractivity contribution >= 4 is 17.0 Å². The van der Waals surface area contributed by atoms with Gasteiger partial charge in [-0.25, -0.2) is 19.3 Å². The summed E-state index contributed by atoms with van der Waals surface area (Å²) in [7, 11) is 1.84. The summed E-state index contributed by atoms with van der Waals surface area (Å²) in [5.41, 5.74) is 8.58. The van der Waals surface area contributed by atoms with Crippen LogP contribution in [0.1, 0.15) is 11.4 Å². The smallest absolute Gasteiger partial charge is 0.166 e. The normalized spacial score (nSPS) is 11.3. The first kappa shape index (κ1) is 15.2. The summed E-state index contributed by atoms with van der Waals surface area (Å²) in [4.78, 5) is 17.1. The molecule has 0 bridgehead atoms. The third-order valence-electron chi connectivity index (χ3n) is 3.80. The average Bonchev–Trinajstić information content (AvgIpc) is 3.12. The standard InChI is InChI=1S/C16H15FN8/c1-9-21-14(18)13-16(22-9)25(8-10-4-20-24(2)7-10)15(23-13)11-3-12(17)6-19-5-11/h3-7H,8H2,1-2H3,(H2,18,21,22). The van der Waals surface area contributed by atoms with Crippen LogP contribution in [0.25, 0.3) is 22.6 Å². The Morgan fingerprint density at radius 3 is 2.72 bits per heavy atom. The molecule has 0 fully saturated rings. The Hall–Kier alpha value is -3.36. The molecular weight excluding hydrogens is 323 g/mol. The minimum Gasteiger partial charge on any atom is -0.382 e. The molecule has 0 spiro atoms. The van der Waals surface area contributed by atoms with Gasteiger partial charge in [0.25, 0.3) is 0 Å². The Morgan fingerprint density at radius 1 is 1.16 bits per heavy atom. The van der Waals surface area contributed by atoms with Crippen molar-refractivity contribution in [1.29, 1.82) is 0 Å². The first-order chi connectivity index (χ1) is 12.0. The van der Waals surface area contributed by atoms with Gasteiger partial charge >= 0.3 is 0 Å². The topological polar surface area (TPSA) is 100 Å². The van der Waals surface area contributed by atoms with E-state index in [1.165, 1.54) is 6.07 Å². The van der Waals surface area contributed by atoms with Crippen molar-refractivity contribution < 1.29 is 4.39 Å². The van der Waals surface area contributed by atoms with E-state index < -0.39 is 5.82 Å². The molecule has 0 radical (unpaired) electrons. The van der Waals surface area contributed by atoms with Crippen LogP contribution in [0.3, 0.4) is 0 Å². The number of imidazole rings is 1. The molecule has 0 aliphatic rings. The number of aromatic nitrogens is 7. The Kier molecular flexibility index (Phi) is 3.41. The lowest BCUT2D eigenvalue weighted by Crippen LogP contribution is -2.04. The predicted molar refractivity (Wildman–Crippen MR) is 90.0 cm³/mol. The fourth-order valence-corrected chi connectivity index (χ4v) is 2.78. The zero-order chi connectivity index (χ0) is 17.6. The zero-order valence-electron chi connectivity index (χ0n) is 13.7. The Morgan fingerprint density at radius 2 is 2.00 bits per heavy atom. The first-order valence-electron chi connectivity index (χ1n) is 7.60. The van der Waals surface area contributed by atoms with Crippen molar-refractivity contribution in [2.24, 2.45) is 7.05 Å². The molecule has 8 nitrogen and oxygen atoms in total. The van der Waals surface area contributed by atoms with Gasteiger partial charge in [0.1, 0.15) is 17.5 Å². The number of hydrogen-bond acceptors (Lipinski definition) is 6. The van der Waals surface area contributed by atoms with E-state index in [9.17, 15) is 4.39 Å². The summed E-state index contributed by atoms with van der Waals surface area (Å²) in [6.07, 6.45) is 6.37. The van der Waals surface area contributed by atoms with Crippen molar-refractivity contribution in [3.63, 3.8) is 0 Å². The monoisotopic (exact) mass is 338 g/mol. The quantitative estimate of drug-likeness (QED) is 0.610. The van der Waals surface area contributed by atoms with Gasteiger partial charge in [-0.2, -0.15) is 5.10 Å². The predicted octanol–water partition coefficient (Wildman–Crippen LogP) is 1.70. The van der Waals surface area contributed by atoms with Gasteiger partial charge in [-0.15, -0.1) is 0 Å². The molecule has 0 saturated carbocycles. The van der Waals surface area contributed by atoms with Crippen LogP contribution in [0.5, 0.6) is 0 Å². The van der Waals surface area contributed by atoms with Crippen molar-refractivity contribution in [1.82, 2.24) is 34.3 Å². The lowest BCUT2D eigenvalue weighted by molar-refractivity contribution is 0.621. The highest BCUT2D eigenvalue weighted by Gasteiger charge is 2.18. The van der Waals surface area contributed by atoms with E-state index in [4.69, 9.17) is 5.73 Å².